The predicted octanol–water partition coefficient (Wildman–Crippen LogP) is 3.41. The van der Waals surface area contributed by atoms with Gasteiger partial charge in [0.15, 0.2) is 5.82 Å². The van der Waals surface area contributed by atoms with Gasteiger partial charge in [0.1, 0.15) is 0 Å². The molecule has 1 aromatic carbocycles. The van der Waals surface area contributed by atoms with E-state index >= 15 is 0 Å². The fraction of sp³-hybridized carbons (Fsp3) is 0.167. The fourth-order valence-electron chi connectivity index (χ4n) is 1.45. The highest BCUT2D eigenvalue weighted by Crippen LogP contribution is 2.18. The maximum absolute atomic E-state index is 5.82. The van der Waals surface area contributed by atoms with Gasteiger partial charge in [-0.05, 0) is 44.2 Å². The third-order valence-corrected chi connectivity index (χ3v) is 2.34. The van der Waals surface area contributed by atoms with Gasteiger partial charge in [0, 0.05) is 22.0 Å². The van der Waals surface area contributed by atoms with Crippen LogP contribution in [0.1, 0.15) is 11.4 Å². The van der Waals surface area contributed by atoms with Crippen LogP contribution in [-0.4, -0.2) is 9.97 Å². The molecule has 0 aliphatic carbocycles. The molecule has 0 aliphatic heterocycles. The lowest BCUT2D eigenvalue weighted by Gasteiger charge is -2.03. The van der Waals surface area contributed by atoms with E-state index in [2.05, 4.69) is 9.97 Å². The topological polar surface area (TPSA) is 25.8 Å². The second kappa shape index (κ2) is 3.99. The average molecular weight is 219 g/mol. The van der Waals surface area contributed by atoms with E-state index in [0.29, 0.717) is 0 Å². The third-order valence-electron chi connectivity index (χ3n) is 2.08. The average Bonchev–Trinajstić information content (AvgIpc) is 2.17. The van der Waals surface area contributed by atoms with Crippen molar-refractivity contribution < 1.29 is 0 Å². The largest absolute Gasteiger partial charge is 0.233 e. The second-order valence-electron chi connectivity index (χ2n) is 3.48. The Bertz CT molecular complexity index is 457. The monoisotopic (exact) mass is 218 g/mol. The summed E-state index contributed by atoms with van der Waals surface area (Å²) in [5, 5.41) is 0.725. The van der Waals surface area contributed by atoms with Crippen molar-refractivity contribution in [1.82, 2.24) is 9.97 Å². The zero-order chi connectivity index (χ0) is 10.8. The lowest BCUT2D eigenvalue weighted by molar-refractivity contribution is 1.06. The number of rotatable bonds is 1. The number of nitrogens with zero attached hydrogens (tertiary/aromatic N) is 2. The molecule has 2 rings (SSSR count). The van der Waals surface area contributed by atoms with Crippen LogP contribution in [0.5, 0.6) is 0 Å². The molecule has 3 heteroatoms. The molecule has 0 radical (unpaired) electrons. The van der Waals surface area contributed by atoms with Crippen LogP contribution in [0.25, 0.3) is 11.4 Å². The highest BCUT2D eigenvalue weighted by atomic mass is 35.5. The number of benzene rings is 1. The van der Waals surface area contributed by atoms with Gasteiger partial charge in [0.05, 0.1) is 0 Å². The van der Waals surface area contributed by atoms with Gasteiger partial charge in [-0.3, -0.25) is 0 Å². The molecule has 2 aromatic rings. The van der Waals surface area contributed by atoms with Gasteiger partial charge in [0.2, 0.25) is 0 Å². The van der Waals surface area contributed by atoms with E-state index in [1.54, 1.807) is 0 Å². The van der Waals surface area contributed by atoms with Crippen molar-refractivity contribution >= 4 is 11.6 Å². The molecule has 0 aliphatic rings. The summed E-state index contributed by atoms with van der Waals surface area (Å²) in [6.07, 6.45) is 0. The van der Waals surface area contributed by atoms with Crippen LogP contribution in [0, 0.1) is 13.8 Å². The molecule has 0 fully saturated rings. The highest BCUT2D eigenvalue weighted by Gasteiger charge is 2.02. The lowest BCUT2D eigenvalue weighted by atomic mass is 10.2. The van der Waals surface area contributed by atoms with E-state index in [4.69, 9.17) is 11.6 Å². The lowest BCUT2D eigenvalue weighted by Crippen LogP contribution is -1.93. The Morgan fingerprint density at radius 1 is 0.933 bits per heavy atom. The Morgan fingerprint density at radius 2 is 1.47 bits per heavy atom. The third kappa shape index (κ3) is 2.34. The first-order valence-electron chi connectivity index (χ1n) is 4.73. The first-order chi connectivity index (χ1) is 7.15. The van der Waals surface area contributed by atoms with Crippen molar-refractivity contribution in [3.05, 3.63) is 46.7 Å². The van der Waals surface area contributed by atoms with Crippen LogP contribution >= 0.6 is 11.6 Å². The molecule has 0 saturated heterocycles. The molecule has 0 amide bonds. The molecule has 0 spiro atoms. The molecule has 1 aromatic heterocycles. The van der Waals surface area contributed by atoms with Crippen molar-refractivity contribution in [3.63, 3.8) is 0 Å². The molecule has 0 saturated carbocycles. The maximum atomic E-state index is 5.82. The second-order valence-corrected chi connectivity index (χ2v) is 3.92. The molecule has 0 N–H and O–H groups in total. The molecular weight excluding hydrogens is 208 g/mol. The summed E-state index contributed by atoms with van der Waals surface area (Å²) in [6, 6.07) is 9.50. The molecule has 1 heterocycles. The Labute approximate surface area is 94.0 Å². The van der Waals surface area contributed by atoms with Crippen LogP contribution in [0.3, 0.4) is 0 Å². The standard InChI is InChI=1S/C12H11ClN2/c1-8-7-9(2)15-12(14-8)10-3-5-11(13)6-4-10/h3-7H,1-2H3. The molecule has 0 unspecified atom stereocenters. The number of aryl methyl sites for hydroxylation is 2. The van der Waals surface area contributed by atoms with Crippen molar-refractivity contribution in [1.29, 1.82) is 0 Å². The number of halogens is 1. The normalized spacial score (nSPS) is 10.3. The number of hydrogen-bond acceptors (Lipinski definition) is 2. The van der Waals surface area contributed by atoms with Crippen molar-refractivity contribution in [2.45, 2.75) is 13.8 Å². The van der Waals surface area contributed by atoms with E-state index in [9.17, 15) is 0 Å². The van der Waals surface area contributed by atoms with Crippen molar-refractivity contribution in [3.8, 4) is 11.4 Å². The van der Waals surface area contributed by atoms with Crippen LogP contribution in [0.4, 0.5) is 0 Å². The van der Waals surface area contributed by atoms with Gasteiger partial charge in [-0.2, -0.15) is 0 Å². The Morgan fingerprint density at radius 3 is 2.00 bits per heavy atom. The quantitative estimate of drug-likeness (QED) is 0.733. The van der Waals surface area contributed by atoms with E-state index in [-0.39, 0.29) is 0 Å². The zero-order valence-corrected chi connectivity index (χ0v) is 9.42. The molecule has 15 heavy (non-hydrogen) atoms. The Kier molecular flexibility index (Phi) is 2.69. The van der Waals surface area contributed by atoms with E-state index in [1.807, 2.05) is 44.2 Å². The maximum Gasteiger partial charge on any atom is 0.159 e. The van der Waals surface area contributed by atoms with Gasteiger partial charge in [0.25, 0.3) is 0 Å². The summed E-state index contributed by atoms with van der Waals surface area (Å²) in [6.45, 7) is 3.93. The smallest absolute Gasteiger partial charge is 0.159 e. The zero-order valence-electron chi connectivity index (χ0n) is 8.66. The molecule has 0 atom stereocenters. The molecule has 76 valence electrons. The highest BCUT2D eigenvalue weighted by molar-refractivity contribution is 6.30. The van der Waals surface area contributed by atoms with Crippen LogP contribution in [-0.2, 0) is 0 Å². The summed E-state index contributed by atoms with van der Waals surface area (Å²) in [4.78, 5) is 8.76. The van der Waals surface area contributed by atoms with Crippen molar-refractivity contribution in [2.24, 2.45) is 0 Å². The van der Waals surface area contributed by atoms with Crippen molar-refractivity contribution in [2.75, 3.05) is 0 Å². The summed E-state index contributed by atoms with van der Waals surface area (Å²) >= 11 is 5.82. The molecule has 0 bridgehead atoms. The minimum atomic E-state index is 0.725. The molecular formula is C12H11ClN2. The van der Waals surface area contributed by atoms with Gasteiger partial charge >= 0.3 is 0 Å². The predicted molar refractivity (Wildman–Crippen MR) is 62.0 cm³/mol. The first-order valence-corrected chi connectivity index (χ1v) is 5.11. The van der Waals surface area contributed by atoms with Crippen LogP contribution in [0.2, 0.25) is 5.02 Å². The van der Waals surface area contributed by atoms with E-state index in [1.165, 1.54) is 0 Å². The van der Waals surface area contributed by atoms with E-state index in [0.717, 1.165) is 27.8 Å². The Hall–Kier alpha value is -1.41. The van der Waals surface area contributed by atoms with Gasteiger partial charge in [-0.1, -0.05) is 11.6 Å². The summed E-state index contributed by atoms with van der Waals surface area (Å²) < 4.78 is 0. The fourth-order valence-corrected chi connectivity index (χ4v) is 1.58. The van der Waals surface area contributed by atoms with E-state index < -0.39 is 0 Å². The number of aromatic nitrogens is 2. The van der Waals surface area contributed by atoms with Gasteiger partial charge < -0.3 is 0 Å². The Balaban J connectivity index is 2.49. The van der Waals surface area contributed by atoms with Gasteiger partial charge in [-0.15, -0.1) is 0 Å². The summed E-state index contributed by atoms with van der Waals surface area (Å²) in [5.74, 6) is 0.754. The van der Waals surface area contributed by atoms with Crippen LogP contribution in [0.15, 0.2) is 30.3 Å². The van der Waals surface area contributed by atoms with Gasteiger partial charge in [-0.25, -0.2) is 9.97 Å². The first kappa shape index (κ1) is 10.1. The minimum Gasteiger partial charge on any atom is -0.233 e. The SMILES string of the molecule is Cc1cc(C)nc(-c2ccc(Cl)cc2)n1. The number of hydrogen-bond donors (Lipinski definition) is 0. The molecule has 2 nitrogen and oxygen atoms in total. The summed E-state index contributed by atoms with van der Waals surface area (Å²) in [5.41, 5.74) is 2.95. The summed E-state index contributed by atoms with van der Waals surface area (Å²) in [7, 11) is 0. The minimum absolute atomic E-state index is 0.725. The van der Waals surface area contributed by atoms with Crippen LogP contribution < -0.4 is 0 Å².